The molecule has 1 fully saturated rings. The summed E-state index contributed by atoms with van der Waals surface area (Å²) >= 11 is 0. The SMILES string of the molecule is Cc1cc(NC(=O)c2c3c(cn2C)S(=O)(=O)N[C@H]2CN(C(=O)C(=O)N[C@H](C)C(F)(F)F)C[C@H]2CO3)ccc1F. The summed E-state index contributed by atoms with van der Waals surface area (Å²) in [7, 11) is -2.86. The Labute approximate surface area is 220 Å². The molecule has 2 aliphatic rings. The van der Waals surface area contributed by atoms with Gasteiger partial charge in [-0.2, -0.15) is 13.2 Å². The highest BCUT2D eigenvalue weighted by Gasteiger charge is 2.44. The Kier molecular flexibility index (Phi) is 7.37. The molecule has 2 aromatic rings. The van der Waals surface area contributed by atoms with Gasteiger partial charge in [-0.25, -0.2) is 17.5 Å². The van der Waals surface area contributed by atoms with Crippen LogP contribution in [0.25, 0.3) is 0 Å². The number of nitrogens with one attached hydrogen (secondary N) is 3. The van der Waals surface area contributed by atoms with Gasteiger partial charge in [-0.3, -0.25) is 14.4 Å². The van der Waals surface area contributed by atoms with Gasteiger partial charge in [0.25, 0.3) is 5.91 Å². The number of likely N-dealkylation sites (tertiary alicyclic amines) is 1. The molecule has 3 N–H and O–H groups in total. The third-order valence-corrected chi connectivity index (χ3v) is 8.02. The van der Waals surface area contributed by atoms with E-state index in [9.17, 15) is 40.4 Å². The second kappa shape index (κ2) is 10.1. The summed E-state index contributed by atoms with van der Waals surface area (Å²) in [6, 6.07) is 0.750. The normalized spacial score (nSPS) is 21.1. The highest BCUT2D eigenvalue weighted by Crippen LogP contribution is 2.35. The summed E-state index contributed by atoms with van der Waals surface area (Å²) in [6.45, 7) is 1.56. The third kappa shape index (κ3) is 5.71. The molecule has 11 nitrogen and oxygen atoms in total. The molecule has 0 unspecified atom stereocenters. The maximum atomic E-state index is 13.6. The first-order valence-electron chi connectivity index (χ1n) is 11.7. The molecule has 1 aromatic heterocycles. The van der Waals surface area contributed by atoms with Gasteiger partial charge in [-0.1, -0.05) is 0 Å². The van der Waals surface area contributed by atoms with Crippen molar-refractivity contribution in [2.45, 2.75) is 37.0 Å². The number of benzene rings is 1. The fourth-order valence-electron chi connectivity index (χ4n) is 4.36. The fraction of sp³-hybridized carbons (Fsp3) is 0.435. The molecule has 0 bridgehead atoms. The van der Waals surface area contributed by atoms with Gasteiger partial charge in [0.15, 0.2) is 11.4 Å². The van der Waals surface area contributed by atoms with Gasteiger partial charge in [-0.05, 0) is 37.6 Å². The predicted octanol–water partition coefficient (Wildman–Crippen LogP) is 1.29. The third-order valence-electron chi connectivity index (χ3n) is 6.53. The number of sulfonamides is 1. The minimum Gasteiger partial charge on any atom is -0.489 e. The molecule has 39 heavy (non-hydrogen) atoms. The molecule has 3 heterocycles. The Hall–Kier alpha value is -3.66. The lowest BCUT2D eigenvalue weighted by Crippen LogP contribution is -2.50. The number of nitrogens with zero attached hydrogens (tertiary/aromatic N) is 2. The molecular formula is C23H25F4N5O6S. The van der Waals surface area contributed by atoms with Gasteiger partial charge < -0.3 is 24.8 Å². The summed E-state index contributed by atoms with van der Waals surface area (Å²) in [6.07, 6.45) is -3.58. The summed E-state index contributed by atoms with van der Waals surface area (Å²) in [5.74, 6) is -4.84. The highest BCUT2D eigenvalue weighted by atomic mass is 32.2. The molecule has 2 aliphatic heterocycles. The zero-order valence-electron chi connectivity index (χ0n) is 20.9. The minimum absolute atomic E-state index is 0.137. The van der Waals surface area contributed by atoms with Gasteiger partial charge in [0.05, 0.1) is 6.61 Å². The summed E-state index contributed by atoms with van der Waals surface area (Å²) in [4.78, 5) is 38.3. The molecule has 3 atom stereocenters. The van der Waals surface area contributed by atoms with Crippen LogP contribution in [0.2, 0.25) is 0 Å². The van der Waals surface area contributed by atoms with Crippen LogP contribution in [0.3, 0.4) is 0 Å². The van der Waals surface area contributed by atoms with Crippen LogP contribution in [0.5, 0.6) is 5.75 Å². The lowest BCUT2D eigenvalue weighted by molar-refractivity contribution is -0.162. The maximum absolute atomic E-state index is 13.6. The van der Waals surface area contributed by atoms with E-state index >= 15 is 0 Å². The Balaban J connectivity index is 1.54. The number of hydrogen-bond acceptors (Lipinski definition) is 6. The van der Waals surface area contributed by atoms with Crippen molar-refractivity contribution in [3.63, 3.8) is 0 Å². The van der Waals surface area contributed by atoms with E-state index in [0.717, 1.165) is 4.90 Å². The fourth-order valence-corrected chi connectivity index (χ4v) is 5.85. The van der Waals surface area contributed by atoms with E-state index < -0.39 is 57.7 Å². The number of rotatable bonds is 3. The van der Waals surface area contributed by atoms with E-state index in [1.807, 2.05) is 0 Å². The molecule has 4 rings (SSSR count). The number of amides is 3. The molecule has 0 saturated carbocycles. The van der Waals surface area contributed by atoms with Gasteiger partial charge in [0.1, 0.15) is 16.8 Å². The second-order valence-electron chi connectivity index (χ2n) is 9.45. The molecular weight excluding hydrogens is 550 g/mol. The first-order chi connectivity index (χ1) is 18.1. The average Bonchev–Trinajstić information content (AvgIpc) is 3.38. The highest BCUT2D eigenvalue weighted by molar-refractivity contribution is 7.89. The van der Waals surface area contributed by atoms with Crippen LogP contribution in [-0.4, -0.2) is 73.6 Å². The Morgan fingerprint density at radius 2 is 1.90 bits per heavy atom. The molecule has 0 aliphatic carbocycles. The topological polar surface area (TPSA) is 139 Å². The van der Waals surface area contributed by atoms with Crippen molar-refractivity contribution in [3.05, 3.63) is 41.5 Å². The van der Waals surface area contributed by atoms with E-state index in [-0.39, 0.29) is 47.3 Å². The molecule has 0 radical (unpaired) electrons. The van der Waals surface area contributed by atoms with Crippen LogP contribution in [-0.2, 0) is 26.7 Å². The number of halogens is 4. The van der Waals surface area contributed by atoms with Crippen molar-refractivity contribution in [3.8, 4) is 5.75 Å². The van der Waals surface area contributed by atoms with Crippen molar-refractivity contribution in [1.29, 1.82) is 0 Å². The van der Waals surface area contributed by atoms with E-state index in [1.54, 1.807) is 5.32 Å². The Morgan fingerprint density at radius 1 is 1.21 bits per heavy atom. The van der Waals surface area contributed by atoms with E-state index in [1.165, 1.54) is 42.9 Å². The van der Waals surface area contributed by atoms with E-state index in [0.29, 0.717) is 6.92 Å². The van der Waals surface area contributed by atoms with Crippen molar-refractivity contribution in [1.82, 2.24) is 19.5 Å². The maximum Gasteiger partial charge on any atom is 0.408 e. The minimum atomic E-state index is -4.75. The molecule has 16 heteroatoms. The van der Waals surface area contributed by atoms with Crippen molar-refractivity contribution >= 4 is 33.4 Å². The smallest absolute Gasteiger partial charge is 0.408 e. The molecule has 212 valence electrons. The van der Waals surface area contributed by atoms with Crippen molar-refractivity contribution < 1.29 is 45.1 Å². The van der Waals surface area contributed by atoms with Crippen molar-refractivity contribution in [2.75, 3.05) is 25.0 Å². The quantitative estimate of drug-likeness (QED) is 0.373. The second-order valence-corrected chi connectivity index (χ2v) is 11.1. The standard InChI is InChI=1S/C23H25F4N5O6S/c1-11-6-14(4-5-15(11)24)29-20(33)18-19-17(9-31(18)3)39(36,37)30-16-8-32(7-13(16)10-38-19)22(35)21(34)28-12(2)23(25,26)27/h4-6,9,12-13,16,30H,7-8,10H2,1-3H3,(H,28,34)(H,29,33)/t12-,13+,16+/m1/s1. The monoisotopic (exact) mass is 575 g/mol. The molecule has 1 saturated heterocycles. The average molecular weight is 576 g/mol. The number of carbonyl (C=O) groups is 3. The Morgan fingerprint density at radius 3 is 2.54 bits per heavy atom. The van der Waals surface area contributed by atoms with Crippen LogP contribution >= 0.6 is 0 Å². The number of fused-ring (bicyclic) bond motifs is 2. The van der Waals surface area contributed by atoms with Gasteiger partial charge in [-0.15, -0.1) is 0 Å². The van der Waals surface area contributed by atoms with E-state index in [4.69, 9.17) is 4.74 Å². The summed E-state index contributed by atoms with van der Waals surface area (Å²) in [5.41, 5.74) is 0.414. The van der Waals surface area contributed by atoms with Crippen LogP contribution in [0.1, 0.15) is 23.0 Å². The van der Waals surface area contributed by atoms with Crippen LogP contribution in [0.4, 0.5) is 23.2 Å². The zero-order valence-corrected chi connectivity index (χ0v) is 21.7. The Bertz CT molecular complexity index is 1440. The molecule has 1 aromatic carbocycles. The number of aromatic nitrogens is 1. The zero-order chi connectivity index (χ0) is 28.9. The van der Waals surface area contributed by atoms with Crippen molar-refractivity contribution in [2.24, 2.45) is 13.0 Å². The number of hydrogen-bond donors (Lipinski definition) is 3. The number of aryl methyl sites for hydroxylation is 2. The first kappa shape index (κ1) is 28.4. The van der Waals surface area contributed by atoms with Crippen LogP contribution < -0.4 is 20.1 Å². The first-order valence-corrected chi connectivity index (χ1v) is 13.1. The molecule has 0 spiro atoms. The number of carbonyl (C=O) groups excluding carboxylic acids is 3. The van der Waals surface area contributed by atoms with Gasteiger partial charge in [0, 0.05) is 44.0 Å². The summed E-state index contributed by atoms with van der Waals surface area (Å²) < 4.78 is 87.8. The van der Waals surface area contributed by atoms with Crippen LogP contribution in [0, 0.1) is 18.7 Å². The van der Waals surface area contributed by atoms with Crippen LogP contribution in [0.15, 0.2) is 29.3 Å². The number of ether oxygens (including phenoxy) is 1. The lowest BCUT2D eigenvalue weighted by Gasteiger charge is -2.23. The largest absolute Gasteiger partial charge is 0.489 e. The van der Waals surface area contributed by atoms with E-state index in [2.05, 4.69) is 10.0 Å². The molecule has 3 amide bonds. The van der Waals surface area contributed by atoms with Gasteiger partial charge >= 0.3 is 18.0 Å². The summed E-state index contributed by atoms with van der Waals surface area (Å²) in [5, 5.41) is 4.16. The predicted molar refractivity (Wildman–Crippen MR) is 128 cm³/mol. The van der Waals surface area contributed by atoms with Gasteiger partial charge in [0.2, 0.25) is 10.0 Å². The number of anilines is 1. The lowest BCUT2D eigenvalue weighted by atomic mass is 10.1. The number of alkyl halides is 3.